The average Bonchev–Trinajstić information content (AvgIpc) is 3.07. The molecule has 1 N–H and O–H groups in total. The molecule has 2 aromatic heterocycles. The van der Waals surface area contributed by atoms with Gasteiger partial charge in [-0.15, -0.1) is 0 Å². The largest absolute Gasteiger partial charge is 0.459 e. The van der Waals surface area contributed by atoms with Crippen LogP contribution in [-0.2, 0) is 22.3 Å². The molecular weight excluding hydrogens is 405 g/mol. The van der Waals surface area contributed by atoms with Crippen molar-refractivity contribution in [2.75, 3.05) is 11.9 Å². The molecule has 0 spiro atoms. The number of halogens is 3. The zero-order valence-corrected chi connectivity index (χ0v) is 15.8. The molecule has 2 heterocycles. The number of pyridine rings is 1. The topological polar surface area (TPSA) is 98.8 Å². The molecule has 11 heteroatoms. The summed E-state index contributed by atoms with van der Waals surface area (Å²) in [5.41, 5.74) is 0.353. The Balaban J connectivity index is 1.54. The molecule has 158 valence electrons. The number of aromatic nitrogens is 2. The lowest BCUT2D eigenvalue weighted by Gasteiger charge is -2.10. The maximum atomic E-state index is 12.7. The number of nitro benzene ring substituents is 1. The molecule has 0 aliphatic carbocycles. The fourth-order valence-corrected chi connectivity index (χ4v) is 2.76. The highest BCUT2D eigenvalue weighted by Crippen LogP contribution is 2.34. The van der Waals surface area contributed by atoms with Crippen molar-refractivity contribution in [2.45, 2.75) is 26.1 Å². The summed E-state index contributed by atoms with van der Waals surface area (Å²) in [5, 5.41) is 13.7. The Labute approximate surface area is 168 Å². The fraction of sp³-hybridized carbons (Fsp3) is 0.263. The Morgan fingerprint density at radius 2 is 2.03 bits per heavy atom. The summed E-state index contributed by atoms with van der Waals surface area (Å²) in [6, 6.07) is 5.89. The van der Waals surface area contributed by atoms with Crippen LogP contribution in [0.4, 0.5) is 24.5 Å². The number of aryl methyl sites for hydroxylation is 1. The second-order valence-electron chi connectivity index (χ2n) is 6.53. The molecule has 0 saturated heterocycles. The molecular formula is C19H17F3N4O4. The number of fused-ring (bicyclic) bond motifs is 1. The van der Waals surface area contributed by atoms with Crippen LogP contribution < -0.4 is 5.32 Å². The van der Waals surface area contributed by atoms with E-state index in [9.17, 15) is 28.1 Å². The van der Waals surface area contributed by atoms with Crippen molar-refractivity contribution in [3.63, 3.8) is 0 Å². The Morgan fingerprint density at radius 1 is 1.27 bits per heavy atom. The number of carbonyl (C=O) groups is 1. The molecule has 0 radical (unpaired) electrons. The zero-order chi connectivity index (χ0) is 21.9. The van der Waals surface area contributed by atoms with E-state index in [1.54, 1.807) is 6.20 Å². The van der Waals surface area contributed by atoms with E-state index in [0.29, 0.717) is 17.4 Å². The summed E-state index contributed by atoms with van der Waals surface area (Å²) >= 11 is 0. The highest BCUT2D eigenvalue weighted by molar-refractivity contribution is 5.71. The summed E-state index contributed by atoms with van der Waals surface area (Å²) in [5.74, 6) is -0.578. The van der Waals surface area contributed by atoms with Crippen molar-refractivity contribution in [3.8, 4) is 0 Å². The molecule has 1 aromatic carbocycles. The Bertz CT molecular complexity index is 1100. The van der Waals surface area contributed by atoms with Crippen molar-refractivity contribution >= 4 is 23.0 Å². The van der Waals surface area contributed by atoms with Gasteiger partial charge in [0.05, 0.1) is 22.6 Å². The third-order valence-electron chi connectivity index (χ3n) is 4.20. The van der Waals surface area contributed by atoms with Crippen LogP contribution in [0.3, 0.4) is 0 Å². The first-order valence-electron chi connectivity index (χ1n) is 8.83. The molecule has 0 atom stereocenters. The highest BCUT2D eigenvalue weighted by atomic mass is 19.4. The van der Waals surface area contributed by atoms with Crippen molar-refractivity contribution in [1.29, 1.82) is 0 Å². The number of nitrogens with zero attached hydrogens (tertiary/aromatic N) is 3. The van der Waals surface area contributed by atoms with Gasteiger partial charge in [0.1, 0.15) is 17.9 Å². The van der Waals surface area contributed by atoms with Crippen LogP contribution in [0.2, 0.25) is 0 Å². The quantitative estimate of drug-likeness (QED) is 0.349. The van der Waals surface area contributed by atoms with Gasteiger partial charge in [-0.25, -0.2) is 4.98 Å². The third kappa shape index (κ3) is 5.04. The number of nitro groups is 1. The highest BCUT2D eigenvalue weighted by Gasteiger charge is 2.33. The maximum Gasteiger partial charge on any atom is 0.416 e. The lowest BCUT2D eigenvalue weighted by molar-refractivity contribution is -0.384. The van der Waals surface area contributed by atoms with E-state index in [4.69, 9.17) is 4.74 Å². The number of esters is 1. The Morgan fingerprint density at radius 3 is 2.73 bits per heavy atom. The normalized spacial score (nSPS) is 11.5. The predicted molar refractivity (Wildman–Crippen MR) is 101 cm³/mol. The van der Waals surface area contributed by atoms with Gasteiger partial charge in [-0.2, -0.15) is 13.2 Å². The molecule has 0 aliphatic heterocycles. The minimum atomic E-state index is -4.69. The van der Waals surface area contributed by atoms with Crippen molar-refractivity contribution in [2.24, 2.45) is 0 Å². The number of imidazole rings is 1. The van der Waals surface area contributed by atoms with Gasteiger partial charge in [0.25, 0.3) is 5.69 Å². The second-order valence-corrected chi connectivity index (χ2v) is 6.53. The van der Waals surface area contributed by atoms with Crippen LogP contribution in [-0.4, -0.2) is 26.8 Å². The molecule has 0 saturated carbocycles. The molecule has 0 amide bonds. The first kappa shape index (κ1) is 21.1. The first-order chi connectivity index (χ1) is 14.1. The molecule has 8 nitrogen and oxygen atoms in total. The number of benzene rings is 1. The zero-order valence-electron chi connectivity index (χ0n) is 15.8. The van der Waals surface area contributed by atoms with E-state index >= 15 is 0 Å². The van der Waals surface area contributed by atoms with Crippen LogP contribution in [0.15, 0.2) is 42.7 Å². The first-order valence-corrected chi connectivity index (χ1v) is 8.83. The predicted octanol–water partition coefficient (Wildman–Crippen LogP) is 4.12. The van der Waals surface area contributed by atoms with Crippen LogP contribution >= 0.6 is 0 Å². The van der Waals surface area contributed by atoms with Crippen LogP contribution in [0.25, 0.3) is 5.65 Å². The van der Waals surface area contributed by atoms with Gasteiger partial charge in [0, 0.05) is 25.0 Å². The number of nitrogens with one attached hydrogen (secondary N) is 1. The van der Waals surface area contributed by atoms with Crippen molar-refractivity contribution in [1.82, 2.24) is 9.38 Å². The monoisotopic (exact) mass is 422 g/mol. The van der Waals surface area contributed by atoms with Gasteiger partial charge in [-0.05, 0) is 30.7 Å². The van der Waals surface area contributed by atoms with E-state index < -0.39 is 28.3 Å². The molecule has 0 fully saturated rings. The lowest BCUT2D eigenvalue weighted by Crippen LogP contribution is -2.13. The molecule has 30 heavy (non-hydrogen) atoms. The summed E-state index contributed by atoms with van der Waals surface area (Å²) in [4.78, 5) is 26.4. The van der Waals surface area contributed by atoms with Gasteiger partial charge >= 0.3 is 12.1 Å². The third-order valence-corrected chi connectivity index (χ3v) is 4.20. The minimum absolute atomic E-state index is 0.0417. The van der Waals surface area contributed by atoms with E-state index in [1.165, 1.54) is 0 Å². The van der Waals surface area contributed by atoms with E-state index in [0.717, 1.165) is 17.7 Å². The maximum absolute atomic E-state index is 12.7. The van der Waals surface area contributed by atoms with Gasteiger partial charge in [0.15, 0.2) is 0 Å². The summed E-state index contributed by atoms with van der Waals surface area (Å²) in [6.45, 7) is 1.85. The smallest absolute Gasteiger partial charge is 0.416 e. The van der Waals surface area contributed by atoms with Gasteiger partial charge in [-0.3, -0.25) is 14.9 Å². The number of alkyl halides is 3. The number of ether oxygens (including phenoxy) is 1. The number of anilines is 1. The standard InChI is InChI=1S/C19H17F3N4O4/c1-12-2-5-17-24-14(10-25(17)9-12)11-30-18(27)6-7-23-15-4-3-13(19(20,21)22)8-16(15)26(28)29/h2-5,8-10,23H,6-7,11H2,1H3. The summed E-state index contributed by atoms with van der Waals surface area (Å²) in [6.07, 6.45) is -1.21. The van der Waals surface area contributed by atoms with Gasteiger partial charge < -0.3 is 14.5 Å². The summed E-state index contributed by atoms with van der Waals surface area (Å²) < 4.78 is 45.1. The Hall–Kier alpha value is -3.63. The van der Waals surface area contributed by atoms with Crippen LogP contribution in [0.5, 0.6) is 0 Å². The molecule has 0 bridgehead atoms. The van der Waals surface area contributed by atoms with Crippen molar-refractivity contribution < 1.29 is 27.6 Å². The van der Waals surface area contributed by atoms with E-state index in [2.05, 4.69) is 10.3 Å². The Kier molecular flexibility index (Phi) is 5.90. The number of hydrogen-bond acceptors (Lipinski definition) is 6. The lowest BCUT2D eigenvalue weighted by atomic mass is 10.1. The molecule has 3 aromatic rings. The van der Waals surface area contributed by atoms with Crippen LogP contribution in [0, 0.1) is 17.0 Å². The minimum Gasteiger partial charge on any atom is -0.459 e. The molecule has 3 rings (SSSR count). The van der Waals surface area contributed by atoms with Crippen molar-refractivity contribution in [3.05, 3.63) is 69.7 Å². The van der Waals surface area contributed by atoms with Gasteiger partial charge in [-0.1, -0.05) is 6.07 Å². The van der Waals surface area contributed by atoms with Crippen LogP contribution in [0.1, 0.15) is 23.2 Å². The average molecular weight is 422 g/mol. The summed E-state index contributed by atoms with van der Waals surface area (Å²) in [7, 11) is 0. The van der Waals surface area contributed by atoms with E-state index in [1.807, 2.05) is 29.7 Å². The number of rotatable bonds is 7. The number of carbonyl (C=O) groups excluding carboxylic acids is 1. The second kappa shape index (κ2) is 8.39. The SMILES string of the molecule is Cc1ccc2nc(COC(=O)CCNc3ccc(C(F)(F)F)cc3[N+](=O)[O-])cn2c1. The number of hydrogen-bond donors (Lipinski definition) is 1. The molecule has 0 unspecified atom stereocenters. The van der Waals surface area contributed by atoms with E-state index in [-0.39, 0.29) is 25.3 Å². The molecule has 0 aliphatic rings. The van der Waals surface area contributed by atoms with Gasteiger partial charge in [0.2, 0.25) is 0 Å². The fourth-order valence-electron chi connectivity index (χ4n) is 2.76.